The average molecular weight is 369 g/mol. The van der Waals surface area contributed by atoms with Gasteiger partial charge in [-0.3, -0.25) is 4.98 Å². The van der Waals surface area contributed by atoms with Crippen molar-refractivity contribution >= 4 is 10.8 Å². The third kappa shape index (κ3) is 3.48. The molecule has 1 unspecified atom stereocenters. The van der Waals surface area contributed by atoms with Crippen molar-refractivity contribution < 1.29 is 24.1 Å². The first-order valence-corrected chi connectivity index (χ1v) is 8.79. The van der Waals surface area contributed by atoms with Gasteiger partial charge in [-0.2, -0.15) is 0 Å². The molecule has 1 aromatic heterocycles. The minimum absolute atomic E-state index is 0.193. The van der Waals surface area contributed by atoms with Crippen molar-refractivity contribution in [2.24, 2.45) is 0 Å². The van der Waals surface area contributed by atoms with Gasteiger partial charge in [0.2, 0.25) is 6.79 Å². The zero-order chi connectivity index (χ0) is 19.4. The average Bonchev–Trinajstić information content (AvgIpc) is 3.21. The van der Waals surface area contributed by atoms with E-state index in [-0.39, 0.29) is 6.79 Å². The Morgan fingerprint density at radius 2 is 1.67 bits per heavy atom. The molecule has 0 saturated heterocycles. The van der Waals surface area contributed by atoms with Crippen LogP contribution in [0.4, 0.5) is 0 Å². The fourth-order valence-corrected chi connectivity index (χ4v) is 2.98. The minimum atomic E-state index is -0.906. The first kappa shape index (κ1) is 18.8. The second-order valence-electron chi connectivity index (χ2n) is 5.64. The molecule has 3 aromatic rings. The number of hydrogen-bond acceptors (Lipinski definition) is 6. The largest absolute Gasteiger partial charge is 0.493 e. The maximum Gasteiger partial charge on any atom is 0.231 e. The number of nitrogens with zero attached hydrogens (tertiary/aromatic N) is 1. The van der Waals surface area contributed by atoms with Crippen LogP contribution in [-0.4, -0.2) is 31.1 Å². The molecule has 1 aliphatic rings. The van der Waals surface area contributed by atoms with Crippen LogP contribution < -0.4 is 18.9 Å². The molecule has 0 bridgehead atoms. The summed E-state index contributed by atoms with van der Waals surface area (Å²) >= 11 is 0. The first-order valence-electron chi connectivity index (χ1n) is 8.79. The molecular formula is C21H23NO5. The predicted octanol–water partition coefficient (Wildman–Crippen LogP) is 4.09. The summed E-state index contributed by atoms with van der Waals surface area (Å²) in [5.41, 5.74) is 1.22. The van der Waals surface area contributed by atoms with E-state index in [2.05, 4.69) is 4.98 Å². The van der Waals surface area contributed by atoms with Gasteiger partial charge in [-0.25, -0.2) is 0 Å². The fourth-order valence-electron chi connectivity index (χ4n) is 2.98. The summed E-state index contributed by atoms with van der Waals surface area (Å²) in [7, 11) is 3.17. The summed E-state index contributed by atoms with van der Waals surface area (Å²) in [4.78, 5) is 4.39. The van der Waals surface area contributed by atoms with Crippen LogP contribution in [-0.2, 0) is 0 Å². The van der Waals surface area contributed by atoms with E-state index in [0.717, 1.165) is 10.8 Å². The van der Waals surface area contributed by atoms with Crippen LogP contribution in [0.2, 0.25) is 0 Å². The zero-order valence-electron chi connectivity index (χ0n) is 15.9. The van der Waals surface area contributed by atoms with E-state index in [9.17, 15) is 5.11 Å². The van der Waals surface area contributed by atoms with Crippen LogP contribution in [0.3, 0.4) is 0 Å². The standard InChI is InChI=1S/C19H17NO5.C2H6/c1-22-15-7-11-5-6-20-18(13(11)9-16(15)23-2)19(21)12-3-4-14-17(8-12)25-10-24-14;1-2/h3-9,19,21H,10H2,1-2H3;1-2H3. The predicted molar refractivity (Wildman–Crippen MR) is 103 cm³/mol. The molecule has 0 fully saturated rings. The Morgan fingerprint density at radius 1 is 0.963 bits per heavy atom. The van der Waals surface area contributed by atoms with Gasteiger partial charge >= 0.3 is 0 Å². The van der Waals surface area contributed by atoms with Crippen LogP contribution in [0.15, 0.2) is 42.6 Å². The number of aliphatic hydroxyl groups is 1. The number of aromatic nitrogens is 1. The van der Waals surface area contributed by atoms with Crippen molar-refractivity contribution in [3.05, 3.63) is 53.9 Å². The van der Waals surface area contributed by atoms with E-state index < -0.39 is 6.10 Å². The normalized spacial score (nSPS) is 12.9. The first-order chi connectivity index (χ1) is 13.2. The molecule has 6 heteroatoms. The summed E-state index contributed by atoms with van der Waals surface area (Å²) in [5.74, 6) is 2.51. The molecule has 1 atom stereocenters. The smallest absolute Gasteiger partial charge is 0.231 e. The minimum Gasteiger partial charge on any atom is -0.493 e. The lowest BCUT2D eigenvalue weighted by Gasteiger charge is -2.15. The van der Waals surface area contributed by atoms with Gasteiger partial charge in [-0.05, 0) is 41.3 Å². The summed E-state index contributed by atoms with van der Waals surface area (Å²) in [5, 5.41) is 12.6. The van der Waals surface area contributed by atoms with Gasteiger partial charge < -0.3 is 24.1 Å². The van der Waals surface area contributed by atoms with Crippen molar-refractivity contribution in [1.29, 1.82) is 0 Å². The van der Waals surface area contributed by atoms with Gasteiger partial charge in [-0.15, -0.1) is 0 Å². The third-order valence-electron chi connectivity index (χ3n) is 4.27. The molecule has 0 spiro atoms. The molecule has 27 heavy (non-hydrogen) atoms. The SMILES string of the molecule is CC.COc1cc2ccnc(C(O)c3ccc4c(c3)OCO4)c2cc1OC. The van der Waals surface area contributed by atoms with Crippen LogP contribution in [0.1, 0.15) is 31.2 Å². The number of ether oxygens (including phenoxy) is 4. The highest BCUT2D eigenvalue weighted by Crippen LogP contribution is 2.38. The van der Waals surface area contributed by atoms with Gasteiger partial charge in [0.15, 0.2) is 23.0 Å². The van der Waals surface area contributed by atoms with E-state index in [1.165, 1.54) is 0 Å². The number of pyridine rings is 1. The highest BCUT2D eigenvalue weighted by atomic mass is 16.7. The van der Waals surface area contributed by atoms with Crippen LogP contribution in [0.5, 0.6) is 23.0 Å². The Kier molecular flexibility index (Phi) is 5.66. The van der Waals surface area contributed by atoms with Crippen molar-refractivity contribution in [3.63, 3.8) is 0 Å². The molecular weight excluding hydrogens is 346 g/mol. The van der Waals surface area contributed by atoms with Gasteiger partial charge in [0.25, 0.3) is 0 Å². The number of fused-ring (bicyclic) bond motifs is 2. The van der Waals surface area contributed by atoms with Gasteiger partial charge in [0, 0.05) is 11.6 Å². The molecule has 142 valence electrons. The van der Waals surface area contributed by atoms with E-state index in [1.54, 1.807) is 38.6 Å². The lowest BCUT2D eigenvalue weighted by Crippen LogP contribution is -2.04. The molecule has 2 heterocycles. The second-order valence-corrected chi connectivity index (χ2v) is 5.64. The van der Waals surface area contributed by atoms with Crippen molar-refractivity contribution in [2.45, 2.75) is 20.0 Å². The van der Waals surface area contributed by atoms with Crippen LogP contribution in [0.25, 0.3) is 10.8 Å². The maximum absolute atomic E-state index is 10.9. The summed E-state index contributed by atoms with van der Waals surface area (Å²) in [6, 6.07) is 10.9. The lowest BCUT2D eigenvalue weighted by molar-refractivity contribution is 0.173. The molecule has 0 amide bonds. The summed E-state index contributed by atoms with van der Waals surface area (Å²) in [6.07, 6.45) is 0.760. The van der Waals surface area contributed by atoms with Crippen LogP contribution in [0, 0.1) is 0 Å². The highest BCUT2D eigenvalue weighted by Gasteiger charge is 2.21. The molecule has 6 nitrogen and oxygen atoms in total. The summed E-state index contributed by atoms with van der Waals surface area (Å²) < 4.78 is 21.4. The Labute approximate surface area is 158 Å². The van der Waals surface area contributed by atoms with E-state index in [1.807, 2.05) is 32.0 Å². The Balaban J connectivity index is 0.00000102. The number of aliphatic hydroxyl groups excluding tert-OH is 1. The van der Waals surface area contributed by atoms with Crippen molar-refractivity contribution in [2.75, 3.05) is 21.0 Å². The highest BCUT2D eigenvalue weighted by molar-refractivity contribution is 5.88. The van der Waals surface area contributed by atoms with Crippen molar-refractivity contribution in [1.82, 2.24) is 4.98 Å². The molecule has 2 aromatic carbocycles. The quantitative estimate of drug-likeness (QED) is 0.747. The lowest BCUT2D eigenvalue weighted by atomic mass is 10.00. The number of methoxy groups -OCH3 is 2. The maximum atomic E-state index is 10.9. The third-order valence-corrected chi connectivity index (χ3v) is 4.27. The Morgan fingerprint density at radius 3 is 2.41 bits per heavy atom. The van der Waals surface area contributed by atoms with Crippen molar-refractivity contribution in [3.8, 4) is 23.0 Å². The van der Waals surface area contributed by atoms with E-state index in [0.29, 0.717) is 34.3 Å². The second kappa shape index (κ2) is 8.14. The zero-order valence-corrected chi connectivity index (χ0v) is 15.9. The molecule has 1 N–H and O–H groups in total. The van der Waals surface area contributed by atoms with E-state index >= 15 is 0 Å². The topological polar surface area (TPSA) is 70.0 Å². The van der Waals surface area contributed by atoms with Gasteiger partial charge in [-0.1, -0.05) is 19.9 Å². The molecule has 0 saturated carbocycles. The van der Waals surface area contributed by atoms with Gasteiger partial charge in [0.1, 0.15) is 6.10 Å². The monoisotopic (exact) mass is 369 g/mol. The fraction of sp³-hybridized carbons (Fsp3) is 0.286. The molecule has 0 aliphatic carbocycles. The number of benzene rings is 2. The molecule has 1 aliphatic heterocycles. The number of rotatable bonds is 4. The molecule has 4 rings (SSSR count). The number of hydrogen-bond donors (Lipinski definition) is 1. The van der Waals surface area contributed by atoms with Gasteiger partial charge in [0.05, 0.1) is 19.9 Å². The summed E-state index contributed by atoms with van der Waals surface area (Å²) in [6.45, 7) is 4.19. The molecule has 0 radical (unpaired) electrons. The Bertz CT molecular complexity index is 941. The Hall–Kier alpha value is -2.99. The van der Waals surface area contributed by atoms with E-state index in [4.69, 9.17) is 18.9 Å². The van der Waals surface area contributed by atoms with Crippen LogP contribution >= 0.6 is 0 Å².